The number of hydrogen-bond donors (Lipinski definition) is 3. The largest absolute Gasteiger partial charge is 0.489 e. The van der Waals surface area contributed by atoms with Gasteiger partial charge in [0.15, 0.2) is 18.2 Å². The van der Waals surface area contributed by atoms with Crippen molar-refractivity contribution in [2.75, 3.05) is 74.6 Å². The van der Waals surface area contributed by atoms with Gasteiger partial charge in [-0.2, -0.15) is 10.1 Å². The van der Waals surface area contributed by atoms with E-state index in [-0.39, 0.29) is 41.7 Å². The number of halogens is 1. The zero-order valence-corrected chi connectivity index (χ0v) is 33.9. The highest BCUT2D eigenvalue weighted by molar-refractivity contribution is 6.33. The molecule has 9 rings (SSSR count). The molecule has 59 heavy (non-hydrogen) atoms. The van der Waals surface area contributed by atoms with Crippen molar-refractivity contribution in [1.29, 1.82) is 0 Å². The molecule has 17 nitrogen and oxygen atoms in total. The van der Waals surface area contributed by atoms with Crippen LogP contribution in [-0.2, 0) is 28.5 Å². The number of carbonyl (C=O) groups excluding carboxylic acids is 3. The Balaban J connectivity index is 0.829. The highest BCUT2D eigenvalue weighted by Gasteiger charge is 2.38. The number of aromatic nitrogens is 5. The molecule has 3 aromatic heterocycles. The van der Waals surface area contributed by atoms with Crippen LogP contribution in [0, 0.1) is 5.92 Å². The van der Waals surface area contributed by atoms with Crippen molar-refractivity contribution in [1.82, 2.24) is 39.8 Å². The van der Waals surface area contributed by atoms with E-state index in [0.29, 0.717) is 59.1 Å². The third-order valence-electron chi connectivity index (χ3n) is 12.1. The maximum absolute atomic E-state index is 12.8. The Morgan fingerprint density at radius 1 is 1.05 bits per heavy atom. The molecule has 4 aliphatic heterocycles. The minimum absolute atomic E-state index is 0.0810. The van der Waals surface area contributed by atoms with Gasteiger partial charge in [-0.3, -0.25) is 34.1 Å². The number of rotatable bonds is 9. The number of ether oxygens (including phenoxy) is 2. The SMILES string of the molecule is CNC(=O)COc1cc2cc(Nc3nc(N4CCC(CN5CCN6c7c(ccc8c(C9CCC(=O)NC9=O)nn(C)c78)OC[C@H]6C5)CC4)ncc3Cl)ccc2n(C)c1=O. The molecule has 0 saturated carbocycles. The second-order valence-electron chi connectivity index (χ2n) is 15.8. The van der Waals surface area contributed by atoms with Crippen LogP contribution in [0.25, 0.3) is 21.8 Å². The van der Waals surface area contributed by atoms with Crippen molar-refractivity contribution in [3.63, 3.8) is 0 Å². The second kappa shape index (κ2) is 15.7. The van der Waals surface area contributed by atoms with E-state index in [1.165, 1.54) is 11.6 Å². The number of piperidine rings is 2. The average Bonchev–Trinajstić information content (AvgIpc) is 3.57. The Bertz CT molecular complexity index is 2550. The zero-order valence-electron chi connectivity index (χ0n) is 33.2. The van der Waals surface area contributed by atoms with Crippen LogP contribution in [0.4, 0.5) is 23.1 Å². The number of fused-ring (bicyclic) bond motifs is 6. The lowest BCUT2D eigenvalue weighted by Crippen LogP contribution is -2.58. The molecule has 7 heterocycles. The standard InChI is InChI=1S/C41H46ClN11O6/c1-43-34(55)22-59-32-17-24-16-25(4-7-30(24)49(2)40(32)57)45-38-29(42)18-44-41(47-38)52-12-10-23(11-13-52)19-51-14-15-53-26(20-51)21-58-31-8-5-27-35(48-50(3)36(27)37(31)53)28-6-9-33(54)46-39(28)56/h4-5,7-8,16-18,23,26,28H,6,9-15,19-22H2,1-3H3,(H,43,55)(H,44,45,47)(H,46,54,56)/t26-,28?/m1/s1. The minimum atomic E-state index is -0.460. The van der Waals surface area contributed by atoms with Crippen LogP contribution in [-0.4, -0.2) is 113 Å². The number of carbonyl (C=O) groups is 3. The Morgan fingerprint density at radius 3 is 2.68 bits per heavy atom. The Kier molecular flexibility index (Phi) is 10.2. The molecule has 3 N–H and O–H groups in total. The fraction of sp³-hybridized carbons (Fsp3) is 0.439. The summed E-state index contributed by atoms with van der Waals surface area (Å²) in [5, 5.41) is 15.2. The molecule has 0 bridgehead atoms. The lowest BCUT2D eigenvalue weighted by Gasteiger charge is -2.47. The molecule has 308 valence electrons. The summed E-state index contributed by atoms with van der Waals surface area (Å²) in [5.74, 6) is 1.21. The van der Waals surface area contributed by atoms with Crippen molar-refractivity contribution in [3.05, 3.63) is 63.7 Å². The lowest BCUT2D eigenvalue weighted by molar-refractivity contribution is -0.134. The van der Waals surface area contributed by atoms with Gasteiger partial charge in [-0.25, -0.2) is 4.98 Å². The maximum atomic E-state index is 12.8. The third kappa shape index (κ3) is 7.37. The summed E-state index contributed by atoms with van der Waals surface area (Å²) in [6.07, 6.45) is 4.39. The minimum Gasteiger partial charge on any atom is -0.489 e. The first-order valence-corrected chi connectivity index (χ1v) is 20.4. The molecule has 2 atom stereocenters. The van der Waals surface area contributed by atoms with E-state index in [1.54, 1.807) is 19.3 Å². The number of amides is 3. The number of anilines is 4. The molecule has 2 aromatic carbocycles. The number of imide groups is 1. The van der Waals surface area contributed by atoms with E-state index in [0.717, 1.165) is 79.8 Å². The molecule has 3 fully saturated rings. The Labute approximate surface area is 344 Å². The van der Waals surface area contributed by atoms with Crippen LogP contribution in [0.2, 0.25) is 5.02 Å². The molecule has 0 aliphatic carbocycles. The summed E-state index contributed by atoms with van der Waals surface area (Å²) in [7, 11) is 5.09. The third-order valence-corrected chi connectivity index (χ3v) is 12.3. The van der Waals surface area contributed by atoms with E-state index >= 15 is 0 Å². The highest BCUT2D eigenvalue weighted by atomic mass is 35.5. The number of aryl methyl sites for hydroxylation is 2. The van der Waals surface area contributed by atoms with Gasteiger partial charge in [-0.1, -0.05) is 11.6 Å². The van der Waals surface area contributed by atoms with Crippen molar-refractivity contribution < 1.29 is 23.9 Å². The summed E-state index contributed by atoms with van der Waals surface area (Å²) in [4.78, 5) is 65.8. The van der Waals surface area contributed by atoms with Crippen molar-refractivity contribution in [2.24, 2.45) is 20.0 Å². The van der Waals surface area contributed by atoms with Gasteiger partial charge in [-0.05, 0) is 61.6 Å². The number of piperazine rings is 1. The number of hydrogen-bond acceptors (Lipinski definition) is 13. The van der Waals surface area contributed by atoms with Crippen molar-refractivity contribution >= 4 is 74.3 Å². The molecule has 18 heteroatoms. The van der Waals surface area contributed by atoms with Crippen LogP contribution in [0.15, 0.2) is 47.4 Å². The monoisotopic (exact) mass is 823 g/mol. The normalized spacial score (nSPS) is 19.9. The molecule has 3 saturated heterocycles. The first-order valence-electron chi connectivity index (χ1n) is 20.0. The number of benzene rings is 2. The summed E-state index contributed by atoms with van der Waals surface area (Å²) in [6.45, 7) is 5.65. The first kappa shape index (κ1) is 38.6. The van der Waals surface area contributed by atoms with E-state index in [4.69, 9.17) is 31.2 Å². The Hall–Kier alpha value is -5.94. The fourth-order valence-electron chi connectivity index (χ4n) is 8.94. The predicted octanol–water partition coefficient (Wildman–Crippen LogP) is 3.06. The van der Waals surface area contributed by atoms with E-state index in [9.17, 15) is 19.2 Å². The lowest BCUT2D eigenvalue weighted by atomic mass is 9.92. The average molecular weight is 824 g/mol. The summed E-state index contributed by atoms with van der Waals surface area (Å²) in [6, 6.07) is 11.4. The summed E-state index contributed by atoms with van der Waals surface area (Å²) in [5.41, 5.74) is 3.78. The number of pyridine rings is 1. The van der Waals surface area contributed by atoms with E-state index in [1.807, 2.05) is 42.1 Å². The summed E-state index contributed by atoms with van der Waals surface area (Å²) >= 11 is 6.59. The van der Waals surface area contributed by atoms with Crippen LogP contribution >= 0.6 is 11.6 Å². The van der Waals surface area contributed by atoms with Gasteiger partial charge in [0.05, 0.1) is 34.9 Å². The van der Waals surface area contributed by atoms with Crippen molar-refractivity contribution in [3.8, 4) is 11.5 Å². The highest BCUT2D eigenvalue weighted by Crippen LogP contribution is 2.44. The number of likely N-dealkylation sites (N-methyl/N-ethyl adjacent to an activating group) is 1. The number of nitrogens with zero attached hydrogens (tertiary/aromatic N) is 8. The molecule has 4 aliphatic rings. The quantitative estimate of drug-likeness (QED) is 0.185. The summed E-state index contributed by atoms with van der Waals surface area (Å²) < 4.78 is 15.2. The molecule has 1 unspecified atom stereocenters. The molecular formula is C41H46ClN11O6. The zero-order chi connectivity index (χ0) is 40.9. The van der Waals surface area contributed by atoms with Gasteiger partial charge in [0, 0.05) is 83.3 Å². The molecule has 3 amide bonds. The Morgan fingerprint density at radius 2 is 1.88 bits per heavy atom. The van der Waals surface area contributed by atoms with E-state index < -0.39 is 5.92 Å². The van der Waals surface area contributed by atoms with Gasteiger partial charge in [0.25, 0.3) is 11.5 Å². The van der Waals surface area contributed by atoms with Gasteiger partial charge in [-0.15, -0.1) is 0 Å². The van der Waals surface area contributed by atoms with Crippen LogP contribution in [0.1, 0.15) is 37.3 Å². The molecular weight excluding hydrogens is 778 g/mol. The molecule has 0 spiro atoms. The van der Waals surface area contributed by atoms with E-state index in [2.05, 4.69) is 35.6 Å². The van der Waals surface area contributed by atoms with Gasteiger partial charge < -0.3 is 34.5 Å². The smallest absolute Gasteiger partial charge is 0.293 e. The fourth-order valence-corrected chi connectivity index (χ4v) is 9.08. The second-order valence-corrected chi connectivity index (χ2v) is 16.2. The molecule has 0 radical (unpaired) electrons. The maximum Gasteiger partial charge on any atom is 0.293 e. The van der Waals surface area contributed by atoms with Crippen LogP contribution < -0.4 is 40.8 Å². The van der Waals surface area contributed by atoms with Crippen molar-refractivity contribution in [2.45, 2.75) is 37.6 Å². The van der Waals surface area contributed by atoms with Crippen LogP contribution in [0.3, 0.4) is 0 Å². The predicted molar refractivity (Wildman–Crippen MR) is 223 cm³/mol. The topological polar surface area (TPSA) is 181 Å². The molecule has 5 aromatic rings. The van der Waals surface area contributed by atoms with Gasteiger partial charge in [0.2, 0.25) is 17.8 Å². The number of nitrogens with one attached hydrogen (secondary N) is 3. The van der Waals surface area contributed by atoms with Crippen LogP contribution in [0.5, 0.6) is 11.5 Å². The first-order chi connectivity index (χ1) is 28.5. The van der Waals surface area contributed by atoms with Gasteiger partial charge in [0.1, 0.15) is 23.1 Å². The van der Waals surface area contributed by atoms with Gasteiger partial charge >= 0.3 is 0 Å².